The first-order valence-corrected chi connectivity index (χ1v) is 14.2. The van der Waals surface area contributed by atoms with E-state index in [0.29, 0.717) is 28.8 Å². The van der Waals surface area contributed by atoms with E-state index in [0.717, 1.165) is 39.2 Å². The van der Waals surface area contributed by atoms with Crippen LogP contribution < -0.4 is 0 Å². The third-order valence-electron chi connectivity index (χ3n) is 7.62. The Kier molecular flexibility index (Phi) is 7.49. The maximum atomic E-state index is 14.6. The van der Waals surface area contributed by atoms with Gasteiger partial charge >= 0.3 is 0 Å². The minimum Gasteiger partial charge on any atom is -0.335 e. The molecule has 1 heterocycles. The lowest BCUT2D eigenvalue weighted by Gasteiger charge is -2.16. The van der Waals surface area contributed by atoms with Crippen molar-refractivity contribution in [1.82, 2.24) is 4.57 Å². The van der Waals surface area contributed by atoms with Crippen molar-refractivity contribution in [1.29, 1.82) is 0 Å². The Hall–Kier alpha value is -5.28. The Morgan fingerprint density at radius 3 is 1.21 bits per heavy atom. The molecule has 204 valence electrons. The lowest BCUT2D eigenvalue weighted by atomic mass is 9.90. The van der Waals surface area contributed by atoms with Crippen molar-refractivity contribution < 1.29 is 9.59 Å². The summed E-state index contributed by atoms with van der Waals surface area (Å²) in [7, 11) is 0. The number of rotatable bonds is 8. The van der Waals surface area contributed by atoms with Crippen molar-refractivity contribution >= 4 is 11.6 Å². The quantitative estimate of drug-likeness (QED) is 0.179. The number of hydrogen-bond acceptors (Lipinski definition) is 2. The van der Waals surface area contributed by atoms with Gasteiger partial charge < -0.3 is 4.57 Å². The van der Waals surface area contributed by atoms with Crippen LogP contribution in [-0.2, 0) is 6.54 Å². The lowest BCUT2D eigenvalue weighted by Crippen LogP contribution is -2.11. The van der Waals surface area contributed by atoms with Crippen molar-refractivity contribution in [2.24, 2.45) is 0 Å². The zero-order valence-electron chi connectivity index (χ0n) is 23.7. The molecule has 0 amide bonds. The van der Waals surface area contributed by atoms with Gasteiger partial charge in [0.05, 0.1) is 22.5 Å². The molecule has 0 fully saturated rings. The second-order valence-corrected chi connectivity index (χ2v) is 10.6. The second kappa shape index (κ2) is 11.7. The topological polar surface area (TPSA) is 39.1 Å². The predicted molar refractivity (Wildman–Crippen MR) is 170 cm³/mol. The second-order valence-electron chi connectivity index (χ2n) is 10.6. The normalized spacial score (nSPS) is 10.9. The molecule has 6 rings (SSSR count). The van der Waals surface area contributed by atoms with E-state index < -0.39 is 0 Å². The largest absolute Gasteiger partial charge is 0.335 e. The molecule has 6 aromatic rings. The molecule has 0 unspecified atom stereocenters. The van der Waals surface area contributed by atoms with Crippen molar-refractivity contribution in [2.45, 2.75) is 20.4 Å². The molecular weight excluding hydrogens is 514 g/mol. The highest BCUT2D eigenvalue weighted by Gasteiger charge is 2.33. The van der Waals surface area contributed by atoms with Gasteiger partial charge in [0.15, 0.2) is 11.6 Å². The zero-order chi connectivity index (χ0) is 29.1. The first-order chi connectivity index (χ1) is 20.5. The maximum Gasteiger partial charge on any atom is 0.195 e. The fraction of sp³-hybridized carbons (Fsp3) is 0.0769. The van der Waals surface area contributed by atoms with Crippen LogP contribution in [0.3, 0.4) is 0 Å². The Morgan fingerprint density at radius 2 is 0.833 bits per heavy atom. The summed E-state index contributed by atoms with van der Waals surface area (Å²) in [5.74, 6) is -0.351. The highest BCUT2D eigenvalue weighted by atomic mass is 16.1. The summed E-state index contributed by atoms with van der Waals surface area (Å²) >= 11 is 0. The molecule has 0 saturated carbocycles. The van der Waals surface area contributed by atoms with Crippen LogP contribution in [0.5, 0.6) is 0 Å². The van der Waals surface area contributed by atoms with E-state index in [1.54, 1.807) is 0 Å². The van der Waals surface area contributed by atoms with Crippen molar-refractivity contribution in [3.05, 3.63) is 178 Å². The summed E-state index contributed by atoms with van der Waals surface area (Å²) in [5, 5.41) is 0. The lowest BCUT2D eigenvalue weighted by molar-refractivity contribution is 0.100. The van der Waals surface area contributed by atoms with Crippen molar-refractivity contribution in [3.63, 3.8) is 0 Å². The van der Waals surface area contributed by atoms with Gasteiger partial charge in [0, 0.05) is 17.7 Å². The van der Waals surface area contributed by atoms with Crippen LogP contribution in [0.15, 0.2) is 140 Å². The van der Waals surface area contributed by atoms with E-state index >= 15 is 0 Å². The summed E-state index contributed by atoms with van der Waals surface area (Å²) in [6, 6.07) is 45.1. The maximum absolute atomic E-state index is 14.6. The highest BCUT2D eigenvalue weighted by Crippen LogP contribution is 2.41. The SMILES string of the molecule is Cc1ccc(-c2c(C(=O)c3ccccc3)c(C(=O)c3ccccc3)c(-c3ccc(C)cc3)n2Cc2ccccc2)cc1. The van der Waals surface area contributed by atoms with Crippen LogP contribution in [0, 0.1) is 13.8 Å². The Morgan fingerprint density at radius 1 is 0.476 bits per heavy atom. The Labute approximate surface area is 246 Å². The molecule has 0 aliphatic heterocycles. The fourth-order valence-corrected chi connectivity index (χ4v) is 5.48. The average molecular weight is 546 g/mol. The average Bonchev–Trinajstić information content (AvgIpc) is 3.36. The standard InChI is InChI=1S/C39H31NO2/c1-27-18-22-30(23-19-27)36-34(38(41)32-14-8-4-9-15-32)35(39(42)33-16-10-5-11-17-33)37(31-24-20-28(2)21-25-31)40(36)26-29-12-6-3-7-13-29/h3-25H,26H2,1-2H3. The number of aryl methyl sites for hydroxylation is 2. The molecule has 0 radical (unpaired) electrons. The molecule has 42 heavy (non-hydrogen) atoms. The Balaban J connectivity index is 1.76. The van der Waals surface area contributed by atoms with Crippen LogP contribution >= 0.6 is 0 Å². The molecule has 0 aliphatic carbocycles. The van der Waals surface area contributed by atoms with E-state index in [-0.39, 0.29) is 11.6 Å². The summed E-state index contributed by atoms with van der Waals surface area (Å²) in [6.07, 6.45) is 0. The van der Waals surface area contributed by atoms with E-state index in [9.17, 15) is 9.59 Å². The van der Waals surface area contributed by atoms with Gasteiger partial charge in [0.1, 0.15) is 0 Å². The van der Waals surface area contributed by atoms with Gasteiger partial charge in [-0.1, -0.05) is 151 Å². The van der Waals surface area contributed by atoms with E-state index in [1.165, 1.54) is 0 Å². The van der Waals surface area contributed by atoms with Gasteiger partial charge in [-0.3, -0.25) is 9.59 Å². The first-order valence-electron chi connectivity index (χ1n) is 14.2. The molecule has 0 spiro atoms. The van der Waals surface area contributed by atoms with E-state index in [1.807, 2.05) is 117 Å². The van der Waals surface area contributed by atoms with E-state index in [2.05, 4.69) is 41.0 Å². The van der Waals surface area contributed by atoms with Crippen LogP contribution in [0.1, 0.15) is 48.5 Å². The zero-order valence-corrected chi connectivity index (χ0v) is 23.7. The Bertz CT molecular complexity index is 1730. The molecule has 5 aromatic carbocycles. The van der Waals surface area contributed by atoms with Crippen LogP contribution in [0.25, 0.3) is 22.5 Å². The summed E-state index contributed by atoms with van der Waals surface area (Å²) < 4.78 is 2.16. The molecule has 0 bridgehead atoms. The summed E-state index contributed by atoms with van der Waals surface area (Å²) in [4.78, 5) is 29.2. The fourth-order valence-electron chi connectivity index (χ4n) is 5.48. The molecule has 3 nitrogen and oxygen atoms in total. The highest BCUT2D eigenvalue weighted by molar-refractivity contribution is 6.25. The molecule has 0 N–H and O–H groups in total. The van der Waals surface area contributed by atoms with Crippen molar-refractivity contribution in [2.75, 3.05) is 0 Å². The van der Waals surface area contributed by atoms with Gasteiger partial charge in [0.2, 0.25) is 0 Å². The first kappa shape index (κ1) is 26.9. The monoisotopic (exact) mass is 545 g/mol. The molecule has 0 saturated heterocycles. The van der Waals surface area contributed by atoms with Crippen molar-refractivity contribution in [3.8, 4) is 22.5 Å². The predicted octanol–water partition coefficient (Wildman–Crippen LogP) is 8.95. The van der Waals surface area contributed by atoms with Crippen LogP contribution in [0.4, 0.5) is 0 Å². The van der Waals surface area contributed by atoms with Crippen LogP contribution in [-0.4, -0.2) is 16.1 Å². The van der Waals surface area contributed by atoms with Gasteiger partial charge in [-0.15, -0.1) is 0 Å². The molecule has 3 heteroatoms. The number of carbonyl (C=O) groups is 2. The molecular formula is C39H31NO2. The molecule has 0 aliphatic rings. The van der Waals surface area contributed by atoms with Gasteiger partial charge in [-0.05, 0) is 30.5 Å². The molecule has 1 aromatic heterocycles. The minimum atomic E-state index is -0.175. The third-order valence-corrected chi connectivity index (χ3v) is 7.62. The number of hydrogen-bond donors (Lipinski definition) is 0. The summed E-state index contributed by atoms with van der Waals surface area (Å²) in [5.41, 5.74) is 8.49. The van der Waals surface area contributed by atoms with E-state index in [4.69, 9.17) is 0 Å². The van der Waals surface area contributed by atoms with Gasteiger partial charge in [-0.2, -0.15) is 0 Å². The van der Waals surface area contributed by atoms with Crippen LogP contribution in [0.2, 0.25) is 0 Å². The summed E-state index contributed by atoms with van der Waals surface area (Å²) in [6.45, 7) is 4.58. The number of ketones is 2. The number of aromatic nitrogens is 1. The molecule has 0 atom stereocenters. The van der Waals surface area contributed by atoms with Gasteiger partial charge in [0.25, 0.3) is 0 Å². The number of carbonyl (C=O) groups excluding carboxylic acids is 2. The number of nitrogens with zero attached hydrogens (tertiary/aromatic N) is 1. The number of benzene rings is 5. The minimum absolute atomic E-state index is 0.175. The van der Waals surface area contributed by atoms with Gasteiger partial charge in [-0.25, -0.2) is 0 Å². The third kappa shape index (κ3) is 5.25. The smallest absolute Gasteiger partial charge is 0.195 e.